The lowest BCUT2D eigenvalue weighted by atomic mass is 10.0. The number of benzene rings is 1. The Morgan fingerprint density at radius 1 is 1.24 bits per heavy atom. The summed E-state index contributed by atoms with van der Waals surface area (Å²) in [5.41, 5.74) is 1.25. The molecule has 0 unspecified atom stereocenters. The molecule has 0 aliphatic rings. The lowest BCUT2D eigenvalue weighted by Gasteiger charge is -2.09. The number of halogens is 1. The molecule has 0 N–H and O–H groups in total. The standard InChI is InChI=1S/C18H27ClO2/c1-4-12-21-18-13-15(10-11-16(18)19)8-6-5-7-9-17(20)14(2)3/h10-11,13-14H,4-9,12H2,1-3H3. The number of unbranched alkanes of at least 4 members (excludes halogenated alkanes) is 2. The highest BCUT2D eigenvalue weighted by molar-refractivity contribution is 6.32. The summed E-state index contributed by atoms with van der Waals surface area (Å²) in [5, 5.41) is 0.676. The highest BCUT2D eigenvalue weighted by Crippen LogP contribution is 2.26. The van der Waals surface area contributed by atoms with Gasteiger partial charge in [0.25, 0.3) is 0 Å². The van der Waals surface area contributed by atoms with Crippen molar-refractivity contribution in [3.05, 3.63) is 28.8 Å². The van der Waals surface area contributed by atoms with Gasteiger partial charge in [0.15, 0.2) is 0 Å². The fourth-order valence-electron chi connectivity index (χ4n) is 2.12. The van der Waals surface area contributed by atoms with Gasteiger partial charge in [-0.05, 0) is 43.4 Å². The zero-order valence-corrected chi connectivity index (χ0v) is 14.2. The first-order valence-electron chi connectivity index (χ1n) is 7.98. The summed E-state index contributed by atoms with van der Waals surface area (Å²) < 4.78 is 5.64. The Morgan fingerprint density at radius 2 is 2.00 bits per heavy atom. The van der Waals surface area contributed by atoms with Crippen LogP contribution in [0.1, 0.15) is 58.4 Å². The molecule has 0 aromatic heterocycles. The van der Waals surface area contributed by atoms with E-state index in [9.17, 15) is 4.79 Å². The number of carbonyl (C=O) groups is 1. The fourth-order valence-corrected chi connectivity index (χ4v) is 2.29. The molecule has 0 aliphatic carbocycles. The van der Waals surface area contributed by atoms with E-state index in [1.807, 2.05) is 26.0 Å². The first-order chi connectivity index (χ1) is 10.0. The molecule has 0 radical (unpaired) electrons. The summed E-state index contributed by atoms with van der Waals surface area (Å²) in [5.74, 6) is 1.32. The van der Waals surface area contributed by atoms with Crippen LogP contribution in [0.3, 0.4) is 0 Å². The first-order valence-corrected chi connectivity index (χ1v) is 8.36. The van der Waals surface area contributed by atoms with Crippen LogP contribution in [-0.4, -0.2) is 12.4 Å². The molecular formula is C18H27ClO2. The molecule has 0 atom stereocenters. The molecule has 0 fully saturated rings. The van der Waals surface area contributed by atoms with Gasteiger partial charge in [-0.3, -0.25) is 4.79 Å². The van der Waals surface area contributed by atoms with E-state index >= 15 is 0 Å². The Morgan fingerprint density at radius 3 is 2.67 bits per heavy atom. The van der Waals surface area contributed by atoms with Crippen LogP contribution < -0.4 is 4.74 Å². The van der Waals surface area contributed by atoms with Gasteiger partial charge in [0, 0.05) is 12.3 Å². The molecule has 1 aromatic rings. The molecule has 0 saturated carbocycles. The molecule has 1 aromatic carbocycles. The van der Waals surface area contributed by atoms with E-state index in [1.165, 1.54) is 5.56 Å². The highest BCUT2D eigenvalue weighted by Gasteiger charge is 2.07. The second-order valence-electron chi connectivity index (χ2n) is 5.79. The molecule has 21 heavy (non-hydrogen) atoms. The Kier molecular flexibility index (Phi) is 8.44. The maximum absolute atomic E-state index is 11.5. The summed E-state index contributed by atoms with van der Waals surface area (Å²) in [4.78, 5) is 11.5. The Balaban J connectivity index is 2.33. The smallest absolute Gasteiger partial charge is 0.138 e. The number of carbonyl (C=O) groups excluding carboxylic acids is 1. The van der Waals surface area contributed by atoms with Crippen LogP contribution in [0.15, 0.2) is 18.2 Å². The van der Waals surface area contributed by atoms with Gasteiger partial charge in [-0.15, -0.1) is 0 Å². The van der Waals surface area contributed by atoms with Gasteiger partial charge >= 0.3 is 0 Å². The van der Waals surface area contributed by atoms with Gasteiger partial charge in [-0.2, -0.15) is 0 Å². The zero-order chi connectivity index (χ0) is 15.7. The van der Waals surface area contributed by atoms with Crippen molar-refractivity contribution in [2.45, 2.75) is 59.3 Å². The molecular weight excluding hydrogens is 284 g/mol. The maximum atomic E-state index is 11.5. The number of rotatable bonds is 10. The largest absolute Gasteiger partial charge is 0.492 e. The normalized spacial score (nSPS) is 10.9. The summed E-state index contributed by atoms with van der Waals surface area (Å²) in [6.07, 6.45) is 5.87. The van der Waals surface area contributed by atoms with E-state index < -0.39 is 0 Å². The molecule has 0 amide bonds. The topological polar surface area (TPSA) is 26.3 Å². The van der Waals surface area contributed by atoms with Crippen molar-refractivity contribution >= 4 is 17.4 Å². The summed E-state index contributed by atoms with van der Waals surface area (Å²) in [6, 6.07) is 6.00. The minimum absolute atomic E-state index is 0.166. The SMILES string of the molecule is CCCOc1cc(CCCCCC(=O)C(C)C)ccc1Cl. The summed E-state index contributed by atoms with van der Waals surface area (Å²) >= 11 is 6.12. The number of hydrogen-bond acceptors (Lipinski definition) is 2. The van der Waals surface area contributed by atoms with E-state index in [2.05, 4.69) is 13.0 Å². The average Bonchev–Trinajstić information content (AvgIpc) is 2.46. The van der Waals surface area contributed by atoms with E-state index in [1.54, 1.807) is 0 Å². The second kappa shape index (κ2) is 9.83. The minimum Gasteiger partial charge on any atom is -0.492 e. The average molecular weight is 311 g/mol. The summed E-state index contributed by atoms with van der Waals surface area (Å²) in [7, 11) is 0. The Bertz CT molecular complexity index is 441. The van der Waals surface area contributed by atoms with E-state index in [0.29, 0.717) is 23.8 Å². The van der Waals surface area contributed by atoms with Crippen molar-refractivity contribution < 1.29 is 9.53 Å². The van der Waals surface area contributed by atoms with Gasteiger partial charge in [-0.25, -0.2) is 0 Å². The van der Waals surface area contributed by atoms with Crippen molar-refractivity contribution in [3.8, 4) is 5.75 Å². The Labute approximate surface area is 133 Å². The van der Waals surface area contributed by atoms with E-state index in [4.69, 9.17) is 16.3 Å². The molecule has 0 heterocycles. The highest BCUT2D eigenvalue weighted by atomic mass is 35.5. The molecule has 0 spiro atoms. The van der Waals surface area contributed by atoms with Crippen molar-refractivity contribution in [3.63, 3.8) is 0 Å². The predicted octanol–water partition coefficient (Wildman–Crippen LogP) is 5.46. The van der Waals surface area contributed by atoms with Crippen molar-refractivity contribution in [2.75, 3.05) is 6.61 Å². The van der Waals surface area contributed by atoms with Crippen molar-refractivity contribution in [1.29, 1.82) is 0 Å². The van der Waals surface area contributed by atoms with Gasteiger partial charge in [0.2, 0.25) is 0 Å². The van der Waals surface area contributed by atoms with Crippen LogP contribution in [0, 0.1) is 5.92 Å². The third-order valence-corrected chi connectivity index (χ3v) is 3.80. The van der Waals surface area contributed by atoms with E-state index in [-0.39, 0.29) is 5.92 Å². The van der Waals surface area contributed by atoms with Crippen molar-refractivity contribution in [1.82, 2.24) is 0 Å². The van der Waals surface area contributed by atoms with Gasteiger partial charge < -0.3 is 4.74 Å². The summed E-state index contributed by atoms with van der Waals surface area (Å²) in [6.45, 7) is 6.71. The van der Waals surface area contributed by atoms with Crippen LogP contribution in [0.4, 0.5) is 0 Å². The van der Waals surface area contributed by atoms with Gasteiger partial charge in [-0.1, -0.05) is 44.9 Å². The molecule has 0 aliphatic heterocycles. The molecule has 2 nitrogen and oxygen atoms in total. The first kappa shape index (κ1) is 18.0. The quantitative estimate of drug-likeness (QED) is 0.537. The number of aryl methyl sites for hydroxylation is 1. The van der Waals surface area contributed by atoms with E-state index in [0.717, 1.165) is 37.9 Å². The minimum atomic E-state index is 0.166. The third-order valence-electron chi connectivity index (χ3n) is 3.49. The molecule has 0 saturated heterocycles. The van der Waals surface area contributed by atoms with Crippen LogP contribution in [0.5, 0.6) is 5.75 Å². The lowest BCUT2D eigenvalue weighted by Crippen LogP contribution is -2.06. The van der Waals surface area contributed by atoms with Gasteiger partial charge in [0.1, 0.15) is 11.5 Å². The number of ketones is 1. The Hall–Kier alpha value is -1.02. The van der Waals surface area contributed by atoms with Crippen molar-refractivity contribution in [2.24, 2.45) is 5.92 Å². The number of ether oxygens (including phenoxy) is 1. The third kappa shape index (κ3) is 6.99. The molecule has 3 heteroatoms. The maximum Gasteiger partial charge on any atom is 0.138 e. The lowest BCUT2D eigenvalue weighted by molar-refractivity contribution is -0.122. The van der Waals surface area contributed by atoms with Crippen LogP contribution >= 0.6 is 11.6 Å². The molecule has 0 bridgehead atoms. The molecule has 1 rings (SSSR count). The van der Waals surface area contributed by atoms with Gasteiger partial charge in [0.05, 0.1) is 11.6 Å². The van der Waals surface area contributed by atoms with Crippen LogP contribution in [0.25, 0.3) is 0 Å². The number of Topliss-reactive ketones (excluding diaryl/α,β-unsaturated/α-hetero) is 1. The van der Waals surface area contributed by atoms with Crippen LogP contribution in [-0.2, 0) is 11.2 Å². The number of hydrogen-bond donors (Lipinski definition) is 0. The molecule has 118 valence electrons. The predicted molar refractivity (Wildman–Crippen MR) is 89.3 cm³/mol. The van der Waals surface area contributed by atoms with Crippen LogP contribution in [0.2, 0.25) is 5.02 Å². The second-order valence-corrected chi connectivity index (χ2v) is 6.20. The monoisotopic (exact) mass is 310 g/mol. The fraction of sp³-hybridized carbons (Fsp3) is 0.611. The zero-order valence-electron chi connectivity index (χ0n) is 13.5.